The van der Waals surface area contributed by atoms with Crippen molar-refractivity contribution in [3.8, 4) is 5.75 Å². The van der Waals surface area contributed by atoms with Gasteiger partial charge in [-0.3, -0.25) is 9.80 Å². The van der Waals surface area contributed by atoms with E-state index in [0.29, 0.717) is 49.0 Å². The summed E-state index contributed by atoms with van der Waals surface area (Å²) in [6.07, 6.45) is -3.00. The normalized spacial score (nSPS) is 20.5. The number of rotatable bonds is 7. The number of halogens is 3. The number of morpholine rings is 1. The largest absolute Gasteiger partial charge is 0.573 e. The first-order valence-electron chi connectivity index (χ1n) is 13.6. The molecule has 0 radical (unpaired) electrons. The Kier molecular flexibility index (Phi) is 8.53. The van der Waals surface area contributed by atoms with Gasteiger partial charge in [0, 0.05) is 18.7 Å². The predicted octanol–water partition coefficient (Wildman–Crippen LogP) is 4.68. The maximum Gasteiger partial charge on any atom is 0.573 e. The monoisotopic (exact) mass is 585 g/mol. The van der Waals surface area contributed by atoms with Gasteiger partial charge in [0.05, 0.1) is 43.7 Å². The standard InChI is InChI=1S/C30H30F3N3O6/c1-3-40-28(37)24-25(29(38)41-4-2)27-22(19-8-6-5-7-9-19)18-23(35-14-16-39-17-15-35)34-36(27)26(24)20-10-12-21(13-11-20)42-30(31,32)33/h5-13,18,24,26H,3-4,14-17H2,1-2H3. The van der Waals surface area contributed by atoms with Crippen LogP contribution in [-0.2, 0) is 23.8 Å². The molecule has 1 fully saturated rings. The van der Waals surface area contributed by atoms with E-state index in [1.807, 2.05) is 41.3 Å². The van der Waals surface area contributed by atoms with Crippen molar-refractivity contribution in [2.24, 2.45) is 11.0 Å². The lowest BCUT2D eigenvalue weighted by atomic mass is 9.88. The molecule has 2 aromatic carbocycles. The number of nitrogens with zero attached hydrogens (tertiary/aromatic N) is 3. The molecule has 2 atom stereocenters. The number of ether oxygens (including phenoxy) is 4. The number of carbonyl (C=O) groups excluding carboxylic acids is 2. The van der Waals surface area contributed by atoms with E-state index in [4.69, 9.17) is 19.3 Å². The van der Waals surface area contributed by atoms with Gasteiger partial charge in [0.1, 0.15) is 17.5 Å². The Bertz CT molecular complexity index is 1400. The van der Waals surface area contributed by atoms with Gasteiger partial charge in [0.25, 0.3) is 0 Å². The van der Waals surface area contributed by atoms with Gasteiger partial charge in [-0.05, 0) is 43.2 Å². The molecule has 1 saturated heterocycles. The number of amidine groups is 1. The summed E-state index contributed by atoms with van der Waals surface area (Å²) in [5, 5.41) is 6.53. The van der Waals surface area contributed by atoms with Crippen LogP contribution in [0.2, 0.25) is 0 Å². The number of hydrazone groups is 1. The van der Waals surface area contributed by atoms with Crippen molar-refractivity contribution in [3.63, 3.8) is 0 Å². The molecule has 12 heteroatoms. The smallest absolute Gasteiger partial charge is 0.465 e. The van der Waals surface area contributed by atoms with Crippen molar-refractivity contribution in [2.75, 3.05) is 39.5 Å². The van der Waals surface area contributed by atoms with E-state index in [1.54, 1.807) is 18.9 Å². The number of hydrogen-bond acceptors (Lipinski definition) is 9. The van der Waals surface area contributed by atoms with Crippen LogP contribution in [0.25, 0.3) is 5.57 Å². The minimum absolute atomic E-state index is 0.0511. The average Bonchev–Trinajstić information content (AvgIpc) is 3.33. The second-order valence-electron chi connectivity index (χ2n) is 9.60. The second-order valence-corrected chi connectivity index (χ2v) is 9.60. The van der Waals surface area contributed by atoms with Crippen molar-refractivity contribution in [2.45, 2.75) is 26.3 Å². The highest BCUT2D eigenvalue weighted by molar-refractivity contribution is 6.08. The Labute approximate surface area is 240 Å². The highest BCUT2D eigenvalue weighted by atomic mass is 19.4. The van der Waals surface area contributed by atoms with Gasteiger partial charge in [-0.1, -0.05) is 42.5 Å². The topological polar surface area (TPSA) is 89.9 Å². The first-order chi connectivity index (χ1) is 20.2. The fourth-order valence-electron chi connectivity index (χ4n) is 5.32. The lowest BCUT2D eigenvalue weighted by Gasteiger charge is -2.36. The number of fused-ring (bicyclic) bond motifs is 1. The van der Waals surface area contributed by atoms with Gasteiger partial charge in [-0.15, -0.1) is 13.2 Å². The molecule has 5 rings (SSSR count). The van der Waals surface area contributed by atoms with Gasteiger partial charge >= 0.3 is 18.3 Å². The molecule has 3 aliphatic heterocycles. The van der Waals surface area contributed by atoms with E-state index >= 15 is 0 Å². The predicted molar refractivity (Wildman–Crippen MR) is 146 cm³/mol. The van der Waals surface area contributed by atoms with Crippen molar-refractivity contribution < 1.29 is 41.7 Å². The molecule has 0 bridgehead atoms. The average molecular weight is 586 g/mol. The van der Waals surface area contributed by atoms with Crippen LogP contribution in [0.15, 0.2) is 77.0 Å². The third-order valence-corrected chi connectivity index (χ3v) is 7.02. The Morgan fingerprint density at radius 2 is 1.64 bits per heavy atom. The summed E-state index contributed by atoms with van der Waals surface area (Å²) in [6.45, 7) is 5.57. The maximum atomic E-state index is 13.6. The molecule has 0 N–H and O–H groups in total. The minimum Gasteiger partial charge on any atom is -0.465 e. The summed E-state index contributed by atoms with van der Waals surface area (Å²) < 4.78 is 59.1. The van der Waals surface area contributed by atoms with E-state index in [2.05, 4.69) is 4.74 Å². The summed E-state index contributed by atoms with van der Waals surface area (Å²) in [4.78, 5) is 29.3. The SMILES string of the molecule is CCOC(=O)C1=C2C(c3ccccc3)=CC(N3CCOCC3)=NN2C(c2ccc(OC(F)(F)F)cc2)C1C(=O)OCC. The van der Waals surface area contributed by atoms with Crippen LogP contribution in [0, 0.1) is 5.92 Å². The number of hydrogen-bond donors (Lipinski definition) is 0. The quantitative estimate of drug-likeness (QED) is 0.433. The van der Waals surface area contributed by atoms with Crippen LogP contribution in [0.4, 0.5) is 13.2 Å². The van der Waals surface area contributed by atoms with Crippen LogP contribution in [-0.4, -0.2) is 73.6 Å². The van der Waals surface area contributed by atoms with Crippen LogP contribution in [0.1, 0.15) is 31.0 Å². The van der Waals surface area contributed by atoms with Crippen molar-refractivity contribution >= 4 is 23.3 Å². The molecule has 0 amide bonds. The molecular formula is C30H30F3N3O6. The molecule has 0 spiro atoms. The van der Waals surface area contributed by atoms with Crippen LogP contribution in [0.3, 0.4) is 0 Å². The van der Waals surface area contributed by atoms with Crippen LogP contribution in [0.5, 0.6) is 5.75 Å². The van der Waals surface area contributed by atoms with E-state index in [1.165, 1.54) is 12.1 Å². The third-order valence-electron chi connectivity index (χ3n) is 7.02. The van der Waals surface area contributed by atoms with Gasteiger partial charge in [-0.25, -0.2) is 4.79 Å². The zero-order chi connectivity index (χ0) is 29.9. The van der Waals surface area contributed by atoms with E-state index < -0.39 is 36.0 Å². The minimum atomic E-state index is -4.87. The van der Waals surface area contributed by atoms with Gasteiger partial charge in [0.2, 0.25) is 0 Å². The highest BCUT2D eigenvalue weighted by Crippen LogP contribution is 2.51. The van der Waals surface area contributed by atoms with Gasteiger partial charge < -0.3 is 23.8 Å². The van der Waals surface area contributed by atoms with E-state index in [9.17, 15) is 22.8 Å². The van der Waals surface area contributed by atoms with E-state index in [0.717, 1.165) is 17.7 Å². The van der Waals surface area contributed by atoms with Crippen molar-refractivity contribution in [1.82, 2.24) is 9.91 Å². The molecule has 0 saturated carbocycles. The third kappa shape index (κ3) is 5.98. The Balaban J connectivity index is 1.71. The van der Waals surface area contributed by atoms with Crippen molar-refractivity contribution in [3.05, 3.63) is 83.1 Å². The molecule has 0 aromatic heterocycles. The number of allylic oxidation sites excluding steroid dienone is 1. The fraction of sp³-hybridized carbons (Fsp3) is 0.367. The molecule has 9 nitrogen and oxygen atoms in total. The highest BCUT2D eigenvalue weighted by Gasteiger charge is 2.52. The molecule has 222 valence electrons. The fourth-order valence-corrected chi connectivity index (χ4v) is 5.32. The molecule has 2 unspecified atom stereocenters. The Morgan fingerprint density at radius 1 is 0.976 bits per heavy atom. The summed E-state index contributed by atoms with van der Waals surface area (Å²) in [7, 11) is 0. The summed E-state index contributed by atoms with van der Waals surface area (Å²) in [5.41, 5.74) is 2.28. The zero-order valence-electron chi connectivity index (χ0n) is 23.1. The summed E-state index contributed by atoms with van der Waals surface area (Å²) in [5.74, 6) is -2.40. The molecule has 3 aliphatic rings. The number of carbonyl (C=O) groups is 2. The number of alkyl halides is 3. The Hall–Kier alpha value is -4.32. The lowest BCUT2D eigenvalue weighted by molar-refractivity contribution is -0.274. The summed E-state index contributed by atoms with van der Waals surface area (Å²) >= 11 is 0. The summed E-state index contributed by atoms with van der Waals surface area (Å²) in [6, 6.07) is 13.6. The van der Waals surface area contributed by atoms with Gasteiger partial charge in [0.15, 0.2) is 0 Å². The molecule has 0 aliphatic carbocycles. The first-order valence-corrected chi connectivity index (χ1v) is 13.6. The molecule has 2 aromatic rings. The zero-order valence-corrected chi connectivity index (χ0v) is 23.1. The van der Waals surface area contributed by atoms with Crippen LogP contribution >= 0.6 is 0 Å². The van der Waals surface area contributed by atoms with Crippen molar-refractivity contribution in [1.29, 1.82) is 0 Å². The molecular weight excluding hydrogens is 555 g/mol. The first kappa shape index (κ1) is 29.2. The van der Waals surface area contributed by atoms with Crippen LogP contribution < -0.4 is 4.74 Å². The maximum absolute atomic E-state index is 13.6. The van der Waals surface area contributed by atoms with Gasteiger partial charge in [-0.2, -0.15) is 5.10 Å². The van der Waals surface area contributed by atoms with E-state index in [-0.39, 0.29) is 18.8 Å². The second kappa shape index (κ2) is 12.3. The number of esters is 2. The lowest BCUT2D eigenvalue weighted by Crippen LogP contribution is -2.42. The molecule has 3 heterocycles. The number of benzene rings is 2. The molecule has 42 heavy (non-hydrogen) atoms. The Morgan fingerprint density at radius 3 is 2.26 bits per heavy atom.